The number of hydrogen-bond donors (Lipinski definition) is 1. The van der Waals surface area contributed by atoms with Crippen LogP contribution in [0.3, 0.4) is 0 Å². The Kier molecular flexibility index (Phi) is 4.37. The monoisotopic (exact) mass is 291 g/mol. The van der Waals surface area contributed by atoms with E-state index in [1.807, 2.05) is 0 Å². The lowest BCUT2D eigenvalue weighted by Crippen LogP contribution is -2.22. The molecule has 2 rings (SSSR count). The zero-order valence-electron chi connectivity index (χ0n) is 11.6. The Morgan fingerprint density at radius 1 is 1.29 bits per heavy atom. The molecule has 1 N–H and O–H groups in total. The van der Waals surface area contributed by atoms with E-state index in [4.69, 9.17) is 4.42 Å². The molecule has 5 nitrogen and oxygen atoms in total. The molecule has 1 aromatic heterocycles. The number of amides is 1. The van der Waals surface area contributed by atoms with Crippen molar-refractivity contribution in [3.8, 4) is 0 Å². The maximum atomic E-state index is 12.8. The number of furan rings is 1. The number of halogens is 1. The van der Waals surface area contributed by atoms with Crippen LogP contribution in [-0.2, 0) is 11.3 Å². The van der Waals surface area contributed by atoms with Gasteiger partial charge >= 0.3 is 5.97 Å². The van der Waals surface area contributed by atoms with Crippen LogP contribution in [0.1, 0.15) is 32.2 Å². The van der Waals surface area contributed by atoms with Crippen molar-refractivity contribution >= 4 is 11.9 Å². The second kappa shape index (κ2) is 6.21. The Hall–Kier alpha value is -2.63. The third kappa shape index (κ3) is 3.47. The van der Waals surface area contributed by atoms with Gasteiger partial charge in [-0.2, -0.15) is 0 Å². The van der Waals surface area contributed by atoms with Gasteiger partial charge in [0.1, 0.15) is 22.9 Å². The summed E-state index contributed by atoms with van der Waals surface area (Å²) in [5, 5.41) is 2.62. The number of aryl methyl sites for hydroxylation is 1. The maximum absolute atomic E-state index is 12.8. The van der Waals surface area contributed by atoms with Crippen molar-refractivity contribution in [2.75, 3.05) is 7.11 Å². The number of rotatable bonds is 4. The van der Waals surface area contributed by atoms with Crippen LogP contribution >= 0.6 is 0 Å². The predicted octanol–water partition coefficient (Wildman–Crippen LogP) is 2.44. The Balaban J connectivity index is 2.01. The van der Waals surface area contributed by atoms with Crippen molar-refractivity contribution in [1.82, 2.24) is 5.32 Å². The van der Waals surface area contributed by atoms with Gasteiger partial charge in [-0.15, -0.1) is 0 Å². The van der Waals surface area contributed by atoms with E-state index >= 15 is 0 Å². The molecule has 0 saturated heterocycles. The highest BCUT2D eigenvalue weighted by atomic mass is 19.1. The maximum Gasteiger partial charge on any atom is 0.341 e. The number of carbonyl (C=O) groups is 2. The SMILES string of the molecule is COC(=O)c1cc(CNC(=O)c2ccc(F)cc2)oc1C. The van der Waals surface area contributed by atoms with E-state index in [9.17, 15) is 14.0 Å². The zero-order chi connectivity index (χ0) is 15.4. The molecule has 0 aliphatic heterocycles. The van der Waals surface area contributed by atoms with E-state index in [0.29, 0.717) is 22.6 Å². The van der Waals surface area contributed by atoms with Gasteiger partial charge in [-0.1, -0.05) is 0 Å². The molecular formula is C15H14FNO4. The molecule has 0 radical (unpaired) electrons. The van der Waals surface area contributed by atoms with Gasteiger partial charge in [0.25, 0.3) is 5.91 Å². The number of benzene rings is 1. The first-order valence-electron chi connectivity index (χ1n) is 6.22. The third-order valence-corrected chi connectivity index (χ3v) is 2.90. The smallest absolute Gasteiger partial charge is 0.341 e. The fourth-order valence-corrected chi connectivity index (χ4v) is 1.81. The lowest BCUT2D eigenvalue weighted by Gasteiger charge is -2.03. The van der Waals surface area contributed by atoms with Gasteiger partial charge in [0.2, 0.25) is 0 Å². The molecule has 1 aromatic carbocycles. The number of ether oxygens (including phenoxy) is 1. The minimum absolute atomic E-state index is 0.119. The molecule has 1 heterocycles. The first kappa shape index (κ1) is 14.8. The Labute approximate surface area is 120 Å². The van der Waals surface area contributed by atoms with Gasteiger partial charge in [0, 0.05) is 5.56 Å². The average Bonchev–Trinajstić information content (AvgIpc) is 2.86. The van der Waals surface area contributed by atoms with E-state index in [0.717, 1.165) is 0 Å². The summed E-state index contributed by atoms with van der Waals surface area (Å²) in [6.07, 6.45) is 0. The summed E-state index contributed by atoms with van der Waals surface area (Å²) >= 11 is 0. The second-order valence-electron chi connectivity index (χ2n) is 4.36. The summed E-state index contributed by atoms with van der Waals surface area (Å²) in [7, 11) is 1.28. The van der Waals surface area contributed by atoms with Crippen LogP contribution in [-0.4, -0.2) is 19.0 Å². The minimum Gasteiger partial charge on any atom is -0.465 e. The van der Waals surface area contributed by atoms with Gasteiger partial charge in [-0.3, -0.25) is 4.79 Å². The molecule has 0 saturated carbocycles. The largest absolute Gasteiger partial charge is 0.465 e. The quantitative estimate of drug-likeness (QED) is 0.878. The van der Waals surface area contributed by atoms with Crippen LogP contribution in [0.4, 0.5) is 4.39 Å². The molecule has 2 aromatic rings. The van der Waals surface area contributed by atoms with E-state index in [2.05, 4.69) is 10.1 Å². The topological polar surface area (TPSA) is 68.5 Å². The standard InChI is InChI=1S/C15H14FNO4/c1-9-13(15(19)20-2)7-12(21-9)8-17-14(18)10-3-5-11(16)6-4-10/h3-7H,8H2,1-2H3,(H,17,18). The van der Waals surface area contributed by atoms with Crippen molar-refractivity contribution in [1.29, 1.82) is 0 Å². The van der Waals surface area contributed by atoms with Crippen molar-refractivity contribution in [2.45, 2.75) is 13.5 Å². The molecule has 0 atom stereocenters. The molecule has 0 bridgehead atoms. The number of esters is 1. The van der Waals surface area contributed by atoms with Gasteiger partial charge in [0.05, 0.1) is 13.7 Å². The summed E-state index contributed by atoms with van der Waals surface area (Å²) in [6, 6.07) is 6.71. The third-order valence-electron chi connectivity index (χ3n) is 2.90. The molecule has 0 fully saturated rings. The lowest BCUT2D eigenvalue weighted by atomic mass is 10.2. The number of carbonyl (C=O) groups excluding carboxylic acids is 2. The second-order valence-corrected chi connectivity index (χ2v) is 4.36. The van der Waals surface area contributed by atoms with E-state index in [-0.39, 0.29) is 12.5 Å². The summed E-state index contributed by atoms with van der Waals surface area (Å²) < 4.78 is 22.7. The minimum atomic E-state index is -0.493. The first-order chi connectivity index (χ1) is 10.0. The van der Waals surface area contributed by atoms with Crippen molar-refractivity contribution in [2.24, 2.45) is 0 Å². The number of hydrogen-bond acceptors (Lipinski definition) is 4. The molecule has 110 valence electrons. The van der Waals surface area contributed by atoms with Crippen LogP contribution in [0.25, 0.3) is 0 Å². The van der Waals surface area contributed by atoms with Crippen LogP contribution in [0, 0.1) is 12.7 Å². The summed E-state index contributed by atoms with van der Waals surface area (Å²) in [5.41, 5.74) is 0.663. The lowest BCUT2D eigenvalue weighted by molar-refractivity contribution is 0.0598. The Morgan fingerprint density at radius 2 is 1.95 bits per heavy atom. The number of nitrogens with one attached hydrogen (secondary N) is 1. The first-order valence-corrected chi connectivity index (χ1v) is 6.22. The highest BCUT2D eigenvalue weighted by Gasteiger charge is 2.15. The van der Waals surface area contributed by atoms with Gasteiger partial charge < -0.3 is 14.5 Å². The fraction of sp³-hybridized carbons (Fsp3) is 0.200. The van der Waals surface area contributed by atoms with Crippen LogP contribution in [0.2, 0.25) is 0 Å². The van der Waals surface area contributed by atoms with Gasteiger partial charge in [0.15, 0.2) is 0 Å². The average molecular weight is 291 g/mol. The van der Waals surface area contributed by atoms with Crippen LogP contribution in [0.15, 0.2) is 34.7 Å². The number of methoxy groups -OCH3 is 1. The van der Waals surface area contributed by atoms with E-state index in [1.165, 1.54) is 37.4 Å². The molecule has 0 aliphatic rings. The molecule has 6 heteroatoms. The molecular weight excluding hydrogens is 277 g/mol. The Morgan fingerprint density at radius 3 is 2.57 bits per heavy atom. The van der Waals surface area contributed by atoms with E-state index < -0.39 is 11.8 Å². The fourth-order valence-electron chi connectivity index (χ4n) is 1.81. The molecule has 0 spiro atoms. The highest BCUT2D eigenvalue weighted by molar-refractivity contribution is 5.94. The van der Waals surface area contributed by atoms with Gasteiger partial charge in [-0.05, 0) is 37.3 Å². The van der Waals surface area contributed by atoms with Crippen LogP contribution in [0.5, 0.6) is 0 Å². The molecule has 21 heavy (non-hydrogen) atoms. The molecule has 1 amide bonds. The summed E-state index contributed by atoms with van der Waals surface area (Å²) in [5.74, 6) is -0.400. The Bertz CT molecular complexity index is 661. The van der Waals surface area contributed by atoms with Crippen molar-refractivity contribution in [3.05, 3.63) is 58.8 Å². The zero-order valence-corrected chi connectivity index (χ0v) is 11.6. The normalized spacial score (nSPS) is 10.2. The summed E-state index contributed by atoms with van der Waals surface area (Å²) in [4.78, 5) is 23.3. The molecule has 0 aliphatic carbocycles. The highest BCUT2D eigenvalue weighted by Crippen LogP contribution is 2.15. The van der Waals surface area contributed by atoms with Gasteiger partial charge in [-0.25, -0.2) is 9.18 Å². The predicted molar refractivity (Wildman–Crippen MR) is 72.4 cm³/mol. The van der Waals surface area contributed by atoms with E-state index in [1.54, 1.807) is 6.92 Å². The summed E-state index contributed by atoms with van der Waals surface area (Å²) in [6.45, 7) is 1.76. The van der Waals surface area contributed by atoms with Crippen molar-refractivity contribution in [3.63, 3.8) is 0 Å². The molecule has 0 unspecified atom stereocenters. The van der Waals surface area contributed by atoms with Crippen molar-refractivity contribution < 1.29 is 23.1 Å². The van der Waals surface area contributed by atoms with Crippen LogP contribution < -0.4 is 5.32 Å².